The number of nitrogens with one attached hydrogen (secondary N) is 2. The Morgan fingerprint density at radius 3 is 2.18 bits per heavy atom. The van der Waals surface area contributed by atoms with Crippen LogP contribution in [-0.2, 0) is 25.5 Å². The van der Waals surface area contributed by atoms with Gasteiger partial charge in [0.1, 0.15) is 5.75 Å². The van der Waals surface area contributed by atoms with Crippen molar-refractivity contribution >= 4 is 41.0 Å². The summed E-state index contributed by atoms with van der Waals surface area (Å²) in [6, 6.07) is 14.9. The predicted octanol–water partition coefficient (Wildman–Crippen LogP) is 4.65. The van der Waals surface area contributed by atoms with Crippen LogP contribution in [0.2, 0.25) is 10.0 Å². The Bertz CT molecular complexity index is 909. The molecule has 0 aliphatic rings. The maximum Gasteiger partial charge on any atom is 0.305 e. The third kappa shape index (κ3) is 11.6. The normalized spacial score (nSPS) is 10.4. The largest absolute Gasteiger partial charge is 0.492 e. The molecule has 178 valence electrons. The summed E-state index contributed by atoms with van der Waals surface area (Å²) in [5.41, 5.74) is 5.87. The van der Waals surface area contributed by atoms with Gasteiger partial charge in [0, 0.05) is 24.3 Å². The molecular formula is C24H28Cl2N2O5. The molecule has 0 spiro atoms. The van der Waals surface area contributed by atoms with Gasteiger partial charge in [-0.25, -0.2) is 0 Å². The van der Waals surface area contributed by atoms with Crippen LogP contribution < -0.4 is 15.6 Å². The molecule has 0 atom stereocenters. The molecule has 2 N–H and O–H groups in total. The number of hydrogen-bond acceptors (Lipinski definition) is 5. The van der Waals surface area contributed by atoms with E-state index in [9.17, 15) is 14.4 Å². The molecule has 0 bridgehead atoms. The van der Waals surface area contributed by atoms with Crippen molar-refractivity contribution in [3.8, 4) is 5.75 Å². The lowest BCUT2D eigenvalue weighted by atomic mass is 10.1. The van der Waals surface area contributed by atoms with Crippen molar-refractivity contribution in [3.05, 3.63) is 64.1 Å². The number of ether oxygens (including phenoxy) is 2. The Kier molecular flexibility index (Phi) is 12.1. The molecule has 0 aromatic heterocycles. The van der Waals surface area contributed by atoms with E-state index in [1.807, 2.05) is 30.3 Å². The molecule has 9 heteroatoms. The van der Waals surface area contributed by atoms with Gasteiger partial charge < -0.3 is 9.47 Å². The van der Waals surface area contributed by atoms with Crippen LogP contribution in [-0.4, -0.2) is 31.0 Å². The highest BCUT2D eigenvalue weighted by atomic mass is 35.5. The first-order valence-corrected chi connectivity index (χ1v) is 11.5. The minimum atomic E-state index is -0.371. The molecule has 2 aromatic carbocycles. The van der Waals surface area contributed by atoms with E-state index in [1.54, 1.807) is 18.2 Å². The van der Waals surface area contributed by atoms with Crippen molar-refractivity contribution in [3.63, 3.8) is 0 Å². The van der Waals surface area contributed by atoms with Crippen LogP contribution in [0.5, 0.6) is 5.75 Å². The topological polar surface area (TPSA) is 93.7 Å². The molecule has 0 saturated heterocycles. The van der Waals surface area contributed by atoms with Gasteiger partial charge in [-0.3, -0.25) is 25.2 Å². The van der Waals surface area contributed by atoms with Gasteiger partial charge in [-0.05, 0) is 49.4 Å². The number of carbonyl (C=O) groups is 3. The number of carbonyl (C=O) groups excluding carboxylic acids is 3. The first-order chi connectivity index (χ1) is 15.9. The van der Waals surface area contributed by atoms with E-state index in [4.69, 9.17) is 32.7 Å². The molecule has 2 aromatic rings. The van der Waals surface area contributed by atoms with E-state index in [1.165, 1.54) is 5.56 Å². The molecule has 7 nitrogen and oxygen atoms in total. The van der Waals surface area contributed by atoms with Gasteiger partial charge in [-0.2, -0.15) is 0 Å². The lowest BCUT2D eigenvalue weighted by molar-refractivity contribution is -0.144. The van der Waals surface area contributed by atoms with Crippen molar-refractivity contribution in [2.24, 2.45) is 0 Å². The molecular weight excluding hydrogens is 467 g/mol. The van der Waals surface area contributed by atoms with Crippen LogP contribution in [0.15, 0.2) is 48.5 Å². The number of hydrogen-bond donors (Lipinski definition) is 2. The summed E-state index contributed by atoms with van der Waals surface area (Å²) in [6.45, 7) is 0.639. The standard InChI is InChI=1S/C24H28Cl2N2O5/c25-19-13-14-21(20(26)17-19)32-15-6-11-23(30)28-27-22(29)10-4-12-24(31)33-16-5-9-18-7-2-1-3-8-18/h1-3,7-8,13-14,17H,4-6,9-12,15-16H2,(H,27,29)(H,28,30). The number of benzene rings is 2. The molecule has 0 fully saturated rings. The first kappa shape index (κ1) is 26.5. The van der Waals surface area contributed by atoms with Crippen molar-refractivity contribution in [1.82, 2.24) is 10.9 Å². The minimum absolute atomic E-state index is 0.109. The van der Waals surface area contributed by atoms with Gasteiger partial charge in [-0.1, -0.05) is 53.5 Å². The highest BCUT2D eigenvalue weighted by Gasteiger charge is 2.08. The highest BCUT2D eigenvalue weighted by molar-refractivity contribution is 6.35. The summed E-state index contributed by atoms with van der Waals surface area (Å²) < 4.78 is 10.7. The third-order valence-electron chi connectivity index (χ3n) is 4.54. The third-order valence-corrected chi connectivity index (χ3v) is 5.07. The Balaban J connectivity index is 1.46. The Morgan fingerprint density at radius 2 is 1.48 bits per heavy atom. The Morgan fingerprint density at radius 1 is 0.788 bits per heavy atom. The monoisotopic (exact) mass is 494 g/mol. The van der Waals surface area contributed by atoms with Crippen molar-refractivity contribution in [1.29, 1.82) is 0 Å². The highest BCUT2D eigenvalue weighted by Crippen LogP contribution is 2.27. The van der Waals surface area contributed by atoms with E-state index < -0.39 is 0 Å². The molecule has 2 amide bonds. The van der Waals surface area contributed by atoms with Gasteiger partial charge in [0.05, 0.1) is 18.2 Å². The zero-order valence-electron chi connectivity index (χ0n) is 18.3. The predicted molar refractivity (Wildman–Crippen MR) is 127 cm³/mol. The van der Waals surface area contributed by atoms with Crippen molar-refractivity contribution in [2.45, 2.75) is 44.9 Å². The molecule has 0 radical (unpaired) electrons. The van der Waals surface area contributed by atoms with Gasteiger partial charge in [0.2, 0.25) is 11.8 Å². The number of amides is 2. The number of aryl methyl sites for hydroxylation is 1. The smallest absolute Gasteiger partial charge is 0.305 e. The van der Waals surface area contributed by atoms with E-state index >= 15 is 0 Å². The Labute approximate surface area is 203 Å². The van der Waals surface area contributed by atoms with E-state index in [0.717, 1.165) is 12.8 Å². The fraction of sp³-hybridized carbons (Fsp3) is 0.375. The number of hydrazine groups is 1. The Hall–Kier alpha value is -2.77. The maximum atomic E-state index is 11.8. The average Bonchev–Trinajstić information content (AvgIpc) is 2.80. The molecule has 0 heterocycles. The second-order valence-corrected chi connectivity index (χ2v) is 8.13. The number of esters is 1. The van der Waals surface area contributed by atoms with Crippen LogP contribution in [0.3, 0.4) is 0 Å². The lowest BCUT2D eigenvalue weighted by Crippen LogP contribution is -2.41. The van der Waals surface area contributed by atoms with E-state index in [-0.39, 0.29) is 43.7 Å². The average molecular weight is 495 g/mol. The molecule has 2 rings (SSSR count). The minimum Gasteiger partial charge on any atom is -0.492 e. The van der Waals surface area contributed by atoms with E-state index in [2.05, 4.69) is 10.9 Å². The maximum absolute atomic E-state index is 11.8. The van der Waals surface area contributed by atoms with Crippen LogP contribution in [0.4, 0.5) is 0 Å². The summed E-state index contributed by atoms with van der Waals surface area (Å²) in [6.07, 6.45) is 2.80. The fourth-order valence-corrected chi connectivity index (χ4v) is 3.31. The van der Waals surface area contributed by atoms with Gasteiger partial charge in [0.15, 0.2) is 0 Å². The molecule has 0 aliphatic carbocycles. The van der Waals surface area contributed by atoms with Gasteiger partial charge in [-0.15, -0.1) is 0 Å². The second kappa shape index (κ2) is 15.1. The van der Waals surface area contributed by atoms with Crippen molar-refractivity contribution < 1.29 is 23.9 Å². The van der Waals surface area contributed by atoms with Gasteiger partial charge >= 0.3 is 5.97 Å². The van der Waals surface area contributed by atoms with Crippen LogP contribution in [0.25, 0.3) is 0 Å². The molecule has 0 unspecified atom stereocenters. The zero-order chi connectivity index (χ0) is 23.9. The molecule has 0 aliphatic heterocycles. The van der Waals surface area contributed by atoms with Crippen LogP contribution >= 0.6 is 23.2 Å². The van der Waals surface area contributed by atoms with Crippen LogP contribution in [0, 0.1) is 0 Å². The zero-order valence-corrected chi connectivity index (χ0v) is 19.8. The summed E-state index contributed by atoms with van der Waals surface area (Å²) in [5.74, 6) is -0.554. The number of rotatable bonds is 13. The molecule has 33 heavy (non-hydrogen) atoms. The quantitative estimate of drug-likeness (QED) is 0.240. The van der Waals surface area contributed by atoms with E-state index in [0.29, 0.717) is 35.2 Å². The summed E-state index contributed by atoms with van der Waals surface area (Å²) in [4.78, 5) is 35.3. The van der Waals surface area contributed by atoms with Crippen molar-refractivity contribution in [2.75, 3.05) is 13.2 Å². The van der Waals surface area contributed by atoms with Gasteiger partial charge in [0.25, 0.3) is 0 Å². The summed E-state index contributed by atoms with van der Waals surface area (Å²) in [5, 5.41) is 0.911. The summed E-state index contributed by atoms with van der Waals surface area (Å²) >= 11 is 11.8. The van der Waals surface area contributed by atoms with Crippen LogP contribution in [0.1, 0.15) is 44.1 Å². The molecule has 0 saturated carbocycles. The fourth-order valence-electron chi connectivity index (χ4n) is 2.84. The second-order valence-electron chi connectivity index (χ2n) is 7.29. The SMILES string of the molecule is O=C(CCCOc1ccc(Cl)cc1Cl)NNC(=O)CCCC(=O)OCCCc1ccccc1. The number of halogens is 2. The summed E-state index contributed by atoms with van der Waals surface area (Å²) in [7, 11) is 0. The first-order valence-electron chi connectivity index (χ1n) is 10.8. The lowest BCUT2D eigenvalue weighted by Gasteiger charge is -2.09.